The maximum absolute atomic E-state index is 14.5. The Hall–Kier alpha value is -9.66. The van der Waals surface area contributed by atoms with E-state index in [0.29, 0.717) is 88.1 Å². The summed E-state index contributed by atoms with van der Waals surface area (Å²) in [5.41, 5.74) is 39.3. The van der Waals surface area contributed by atoms with Gasteiger partial charge in [-0.3, -0.25) is 8.99 Å². The number of hydrogen-bond acceptors (Lipinski definition) is 25. The summed E-state index contributed by atoms with van der Waals surface area (Å²) in [6.45, 7) is 15.0. The number of likely N-dealkylation sites (tertiary alicyclic amines) is 4. The van der Waals surface area contributed by atoms with Crippen molar-refractivity contribution in [2.24, 2.45) is 23.7 Å². The molecule has 686 valence electrons. The number of rotatable bonds is 31. The lowest BCUT2D eigenvalue weighted by Crippen LogP contribution is -2.43. The van der Waals surface area contributed by atoms with Gasteiger partial charge in [0.25, 0.3) is 0 Å². The molecule has 8 fully saturated rings. The molecule has 8 aromatic heterocycles. The molecule has 36 heteroatoms. The van der Waals surface area contributed by atoms with Crippen molar-refractivity contribution in [1.29, 1.82) is 4.78 Å². The average Bonchev–Trinajstić information content (AvgIpc) is 1.61. The summed E-state index contributed by atoms with van der Waals surface area (Å²) < 4.78 is 121. The minimum Gasteiger partial charge on any atom is -0.384 e. The largest absolute Gasteiger partial charge is 0.384 e. The van der Waals surface area contributed by atoms with E-state index in [9.17, 15) is 33.9 Å². The van der Waals surface area contributed by atoms with E-state index in [2.05, 4.69) is 113 Å². The Balaban J connectivity index is 0.000000121. The van der Waals surface area contributed by atoms with Gasteiger partial charge in [0.15, 0.2) is 0 Å². The van der Waals surface area contributed by atoms with Crippen LogP contribution in [0.2, 0.25) is 5.02 Å². The maximum Gasteiger partial charge on any atom is 0.214 e. The van der Waals surface area contributed by atoms with E-state index >= 15 is 0 Å². The molecule has 4 aromatic carbocycles. The molecule has 4 saturated heterocycles. The van der Waals surface area contributed by atoms with Crippen molar-refractivity contribution >= 4 is 118 Å². The number of ether oxygens (including phenoxy) is 1. The lowest BCUT2D eigenvalue weighted by Gasteiger charge is -2.42. The SMILES string of the molecule is COCCS(=O)(=O)NCc1cccc(-c2cn(C3CC(CN4CCC4)C3)c3ncnc(N)c23)c1.CS(=N)(=O)CCc1cccc(-c2cn(C3CC(CN4CCC4)C3)c3ncnc(N)c23)c1.CS(=O)(=O)CCc1cc(Cl)cc(-c2cn(C3CC(CN4CCC4)C3)c3ncnc(N)c23)c1.CS(=O)(=O)CCc1cc(F)cc(-c2cn(C3CC(CN4CCC4)C3)c3ncnc(N)c23)c1. The number of nitrogens with two attached hydrogens (primary N) is 4. The van der Waals surface area contributed by atoms with Gasteiger partial charge in [0.2, 0.25) is 10.0 Å². The Morgan fingerprint density at radius 3 is 1.09 bits per heavy atom. The molecule has 20 rings (SSSR count). The Labute approximate surface area is 759 Å². The number of halogens is 2. The minimum absolute atomic E-state index is 0.0244. The van der Waals surface area contributed by atoms with Crippen molar-refractivity contribution < 1.29 is 38.6 Å². The van der Waals surface area contributed by atoms with Crippen molar-refractivity contribution in [1.82, 2.24) is 82.5 Å². The Morgan fingerprint density at radius 2 is 0.744 bits per heavy atom. The van der Waals surface area contributed by atoms with Crippen LogP contribution in [0, 0.1) is 34.3 Å². The van der Waals surface area contributed by atoms with Crippen LogP contribution in [-0.2, 0) is 70.0 Å². The molecular weight excluding hydrogens is 1740 g/mol. The highest BCUT2D eigenvalue weighted by Crippen LogP contribution is 2.49. The summed E-state index contributed by atoms with van der Waals surface area (Å²) in [4.78, 5) is 45.3. The Kier molecular flexibility index (Phi) is 27.3. The third kappa shape index (κ3) is 21.8. The normalized spacial score (nSPS) is 21.7. The fourth-order valence-electron chi connectivity index (χ4n) is 19.5. The highest BCUT2D eigenvalue weighted by Gasteiger charge is 2.40. The molecule has 30 nitrogen and oxygen atoms in total. The van der Waals surface area contributed by atoms with Gasteiger partial charge in [0.1, 0.15) is 96.7 Å². The van der Waals surface area contributed by atoms with Gasteiger partial charge in [0, 0.05) is 150 Å². The summed E-state index contributed by atoms with van der Waals surface area (Å²) in [6, 6.07) is 28.1. The lowest BCUT2D eigenvalue weighted by molar-refractivity contribution is 0.0921. The number of anilines is 4. The fourth-order valence-corrected chi connectivity index (χ4v) is 22.5. The molecule has 12 heterocycles. The van der Waals surface area contributed by atoms with E-state index in [1.807, 2.05) is 66.9 Å². The van der Waals surface area contributed by atoms with Gasteiger partial charge < -0.3 is 65.5 Å². The first-order chi connectivity index (χ1) is 61.8. The first kappa shape index (κ1) is 91.2. The second-order valence-electron chi connectivity index (χ2n) is 37.2. The van der Waals surface area contributed by atoms with E-state index < -0.39 is 45.2 Å². The maximum atomic E-state index is 14.5. The quantitative estimate of drug-likeness (QED) is 0.0235. The van der Waals surface area contributed by atoms with Gasteiger partial charge in [-0.05, 0) is 247 Å². The average molecular weight is 1850 g/mol. The van der Waals surface area contributed by atoms with Crippen molar-refractivity contribution in [3.05, 3.63) is 168 Å². The topological polar surface area (TPSA) is 404 Å². The number of nitrogens with one attached hydrogen (secondary N) is 2. The van der Waals surface area contributed by atoms with E-state index in [4.69, 9.17) is 44.1 Å². The summed E-state index contributed by atoms with van der Waals surface area (Å²) >= 11 is 6.41. The molecule has 4 aliphatic heterocycles. The van der Waals surface area contributed by atoms with Gasteiger partial charge in [-0.1, -0.05) is 66.2 Å². The molecule has 0 amide bonds. The summed E-state index contributed by atoms with van der Waals surface area (Å²) in [7, 11) is -10.6. The lowest BCUT2D eigenvalue weighted by atomic mass is 9.79. The van der Waals surface area contributed by atoms with E-state index in [0.717, 1.165) is 163 Å². The number of nitrogen functional groups attached to an aromatic ring is 4. The molecule has 8 aliphatic rings. The highest BCUT2D eigenvalue weighted by molar-refractivity contribution is 7.91. The number of sulfone groups is 2. The van der Waals surface area contributed by atoms with Crippen LogP contribution >= 0.6 is 11.6 Å². The number of benzene rings is 4. The summed E-state index contributed by atoms with van der Waals surface area (Å²) in [6.07, 6.45) is 34.1. The smallest absolute Gasteiger partial charge is 0.214 e. The van der Waals surface area contributed by atoms with Gasteiger partial charge >= 0.3 is 0 Å². The number of methoxy groups -OCH3 is 1. The van der Waals surface area contributed by atoms with Gasteiger partial charge in [-0.25, -0.2) is 74.2 Å². The van der Waals surface area contributed by atoms with Gasteiger partial charge in [-0.2, -0.15) is 0 Å². The molecule has 10 N–H and O–H groups in total. The van der Waals surface area contributed by atoms with Crippen LogP contribution in [0.1, 0.15) is 123 Å². The number of nitrogens with zero attached hydrogens (tertiary/aromatic N) is 16. The van der Waals surface area contributed by atoms with Crippen LogP contribution in [0.5, 0.6) is 0 Å². The second kappa shape index (κ2) is 38.6. The summed E-state index contributed by atoms with van der Waals surface area (Å²) in [5.74, 6) is 4.65. The second-order valence-corrected chi connectivity index (χ2v) is 46.5. The molecule has 4 saturated carbocycles. The predicted octanol–water partition coefficient (Wildman–Crippen LogP) is 12.6. The molecule has 4 aliphatic carbocycles. The molecule has 0 bridgehead atoms. The monoisotopic (exact) mass is 1850 g/mol. The van der Waals surface area contributed by atoms with Crippen molar-refractivity contribution in [2.75, 3.05) is 157 Å². The van der Waals surface area contributed by atoms with E-state index in [1.54, 1.807) is 6.33 Å². The van der Waals surface area contributed by atoms with Crippen LogP contribution < -0.4 is 27.7 Å². The zero-order valence-corrected chi connectivity index (χ0v) is 77.8. The molecular formula is C93H118ClFN22O8S4. The molecule has 0 spiro atoms. The van der Waals surface area contributed by atoms with Crippen molar-refractivity contribution in [2.45, 2.75) is 127 Å². The zero-order chi connectivity index (χ0) is 90.2. The predicted molar refractivity (Wildman–Crippen MR) is 510 cm³/mol. The first-order valence-corrected chi connectivity index (χ1v) is 53.3. The highest BCUT2D eigenvalue weighted by atomic mass is 35.5. The van der Waals surface area contributed by atoms with Crippen LogP contribution in [-0.4, -0.2) is 241 Å². The third-order valence-electron chi connectivity index (χ3n) is 27.2. The number of aryl methyl sites for hydroxylation is 3. The molecule has 12 aromatic rings. The molecule has 0 radical (unpaired) electrons. The number of sulfonamides is 1. The minimum atomic E-state index is -3.40. The van der Waals surface area contributed by atoms with Crippen LogP contribution in [0.4, 0.5) is 27.7 Å². The van der Waals surface area contributed by atoms with Crippen LogP contribution in [0.25, 0.3) is 88.6 Å². The standard InChI is InChI=1S/C24H32N6O3S.C23H28ClN5O2S.C23H28FN5O2S.C23H30N6OS/c1-33-8-9-34(31,32)28-13-17-4-2-5-19(10-17)21-15-30(24-22(21)23(25)26-16-27-24)20-11-18(12-20)14-29-6-3-7-29;2*1-32(30,31)6-3-15-7-17(11-18(24)8-15)20-13-29(23-21(20)22(25)26-14-27-23)19-9-16(10-19)12-28-4-2-5-28;1-31(25,30)9-6-16-4-2-5-18(10-16)20-14-29(23-21(20)22(24)26-15-27-23)19-11-17(12-19)13-28-7-3-8-28/h2,4-5,10,15-16,18,20,28H,3,6-9,11-14H2,1H3,(H2,25,26,27);2*7-8,11,13-14,16,19H,2-6,9-10,12H2,1H3,(H2,25,26,27);2,4-5,10,14-15,17,19,25H,3,6-9,11-13H2,1H3,(H2,24,26,27). The fraction of sp³-hybridized carbons (Fsp3) is 0.484. The zero-order valence-electron chi connectivity index (χ0n) is 73.8. The number of hydrogen-bond donors (Lipinski definition) is 6. The molecule has 1 unspecified atom stereocenters. The van der Waals surface area contributed by atoms with Crippen molar-refractivity contribution in [3.8, 4) is 44.5 Å². The molecule has 1 atom stereocenters. The third-order valence-corrected chi connectivity index (χ3v) is 31.6. The summed E-state index contributed by atoms with van der Waals surface area (Å²) in [5, 5.41) is 3.88. The van der Waals surface area contributed by atoms with Gasteiger partial charge in [0.05, 0.1) is 45.4 Å². The Morgan fingerprint density at radius 1 is 0.419 bits per heavy atom. The van der Waals surface area contributed by atoms with Crippen molar-refractivity contribution in [3.63, 3.8) is 0 Å². The van der Waals surface area contributed by atoms with E-state index in [-0.39, 0.29) is 36.8 Å². The molecule has 129 heavy (non-hydrogen) atoms. The Bertz CT molecular complexity index is 6370. The number of fused-ring (bicyclic) bond motifs is 4. The first-order valence-electron chi connectivity index (χ1n) is 45.0. The van der Waals surface area contributed by atoms with E-state index in [1.165, 1.54) is 168 Å². The number of aromatic nitrogens is 12. The van der Waals surface area contributed by atoms with Gasteiger partial charge in [-0.15, -0.1) is 0 Å². The van der Waals surface area contributed by atoms with Crippen LogP contribution in [0.3, 0.4) is 0 Å². The van der Waals surface area contributed by atoms with Crippen LogP contribution in [0.15, 0.2) is 135 Å².